The number of piperidine rings is 1. The summed E-state index contributed by atoms with van der Waals surface area (Å²) in [5.41, 5.74) is -2.32. The minimum Gasteiger partial charge on any atom is -0.493 e. The minimum atomic E-state index is -4.76. The molecule has 2 unspecified atom stereocenters. The number of fused-ring (bicyclic) bond motifs is 1. The maximum Gasteiger partial charge on any atom is 0.522 e. The van der Waals surface area contributed by atoms with Crippen molar-refractivity contribution in [3.63, 3.8) is 0 Å². The number of likely N-dealkylation sites (tertiary alicyclic amines) is 1. The molecule has 36 heavy (non-hydrogen) atoms. The first kappa shape index (κ1) is 26.3. The van der Waals surface area contributed by atoms with Crippen LogP contribution in [0.5, 0.6) is 11.5 Å². The number of hydrogen-bond acceptors (Lipinski definition) is 6. The van der Waals surface area contributed by atoms with Crippen molar-refractivity contribution in [2.45, 2.75) is 30.1 Å². The Morgan fingerprint density at radius 1 is 1.17 bits per heavy atom. The Labute approximate surface area is 207 Å². The zero-order valence-electron chi connectivity index (χ0n) is 19.2. The van der Waals surface area contributed by atoms with Crippen LogP contribution in [0.2, 0.25) is 0 Å². The van der Waals surface area contributed by atoms with Crippen molar-refractivity contribution in [1.82, 2.24) is 4.90 Å². The summed E-state index contributed by atoms with van der Waals surface area (Å²) >= 11 is 0. The van der Waals surface area contributed by atoms with Crippen LogP contribution >= 0.6 is 0 Å². The van der Waals surface area contributed by atoms with Crippen molar-refractivity contribution >= 4 is 21.6 Å². The third-order valence-electron chi connectivity index (χ3n) is 5.95. The lowest BCUT2D eigenvalue weighted by Crippen LogP contribution is -2.53. The second-order valence-electron chi connectivity index (χ2n) is 8.34. The van der Waals surface area contributed by atoms with Crippen molar-refractivity contribution in [3.8, 4) is 11.5 Å². The molecule has 2 aromatic carbocycles. The van der Waals surface area contributed by atoms with Crippen molar-refractivity contribution in [3.05, 3.63) is 59.4 Å². The summed E-state index contributed by atoms with van der Waals surface area (Å²) < 4.78 is 76.0. The van der Waals surface area contributed by atoms with Gasteiger partial charge in [-0.3, -0.25) is 9.53 Å². The lowest BCUT2D eigenvalue weighted by molar-refractivity contribution is -0.325. The quantitative estimate of drug-likeness (QED) is 0.328. The highest BCUT2D eigenvalue weighted by Gasteiger charge is 2.56. The molecule has 4 rings (SSSR count). The third kappa shape index (κ3) is 5.63. The first-order valence-corrected chi connectivity index (χ1v) is 10.9. The number of ether oxygens (including phenoxy) is 5. The molecule has 0 aliphatic carbocycles. The summed E-state index contributed by atoms with van der Waals surface area (Å²) in [7, 11) is 13.1. The van der Waals surface area contributed by atoms with E-state index >= 15 is 0 Å². The summed E-state index contributed by atoms with van der Waals surface area (Å²) in [6.07, 6.45) is -5.29. The van der Waals surface area contributed by atoms with E-state index in [1.807, 2.05) is 0 Å². The van der Waals surface area contributed by atoms with Gasteiger partial charge in [0.15, 0.2) is 11.5 Å². The Balaban J connectivity index is 1.48. The molecule has 2 aliphatic rings. The highest BCUT2D eigenvalue weighted by molar-refractivity contribution is 6.38. The number of halogens is 4. The fourth-order valence-electron chi connectivity index (χ4n) is 4.42. The van der Waals surface area contributed by atoms with E-state index in [0.29, 0.717) is 5.56 Å². The van der Waals surface area contributed by atoms with E-state index < -0.39 is 36.1 Å². The average Bonchev–Trinajstić information content (AvgIpc) is 3.11. The number of rotatable bonds is 7. The maximum atomic E-state index is 13.9. The van der Waals surface area contributed by atoms with E-state index in [1.165, 1.54) is 48.4 Å². The molecule has 0 aromatic heterocycles. The highest BCUT2D eigenvalue weighted by atomic mass is 19.4. The van der Waals surface area contributed by atoms with Crippen LogP contribution in [0, 0.1) is 5.82 Å². The lowest BCUT2D eigenvalue weighted by Gasteiger charge is -2.42. The number of hydrogen-bond donors (Lipinski definition) is 0. The molecule has 2 atom stereocenters. The van der Waals surface area contributed by atoms with Crippen molar-refractivity contribution in [1.29, 1.82) is 0 Å². The SMILES string of the molecule is [B]C1([B])OC2CN(C(=O)c3ccc(OCCOC(F)(F)F)c(OC)c3)CCC2(c2cccc(F)c2)O1. The molecule has 1 amide bonds. The largest absolute Gasteiger partial charge is 0.522 e. The summed E-state index contributed by atoms with van der Waals surface area (Å²) in [5.74, 6) is -0.536. The van der Waals surface area contributed by atoms with Gasteiger partial charge in [0.05, 0.1) is 25.8 Å². The van der Waals surface area contributed by atoms with Gasteiger partial charge in [0.2, 0.25) is 0 Å². The second-order valence-corrected chi connectivity index (χ2v) is 8.34. The smallest absolute Gasteiger partial charge is 0.493 e. The molecule has 0 spiro atoms. The molecule has 0 saturated carbocycles. The van der Waals surface area contributed by atoms with Gasteiger partial charge < -0.3 is 23.8 Å². The average molecular weight is 505 g/mol. The van der Waals surface area contributed by atoms with Crippen LogP contribution in [0.15, 0.2) is 42.5 Å². The normalized spacial score (nSPS) is 23.2. The Morgan fingerprint density at radius 3 is 2.64 bits per heavy atom. The Hall–Kier alpha value is -2.76. The van der Waals surface area contributed by atoms with Crippen molar-refractivity contribution in [2.75, 3.05) is 33.4 Å². The first-order chi connectivity index (χ1) is 16.9. The Bertz CT molecular complexity index is 1120. The van der Waals surface area contributed by atoms with Gasteiger partial charge in [0, 0.05) is 18.5 Å². The number of benzene rings is 2. The summed E-state index contributed by atoms with van der Waals surface area (Å²) in [5, 5.41) is 0. The number of carbonyl (C=O) groups excluding carboxylic acids is 1. The van der Waals surface area contributed by atoms with Crippen LogP contribution in [0.25, 0.3) is 0 Å². The fourth-order valence-corrected chi connectivity index (χ4v) is 4.42. The maximum absolute atomic E-state index is 13.9. The van der Waals surface area contributed by atoms with E-state index in [9.17, 15) is 22.4 Å². The Morgan fingerprint density at radius 2 is 1.94 bits per heavy atom. The van der Waals surface area contributed by atoms with E-state index in [4.69, 9.17) is 34.6 Å². The van der Waals surface area contributed by atoms with Crippen LogP contribution in [-0.2, 0) is 19.8 Å². The second kappa shape index (κ2) is 9.95. The third-order valence-corrected chi connectivity index (χ3v) is 5.95. The topological polar surface area (TPSA) is 66.5 Å². The van der Waals surface area contributed by atoms with Gasteiger partial charge in [0.25, 0.3) is 5.91 Å². The molecule has 2 aliphatic heterocycles. The molecule has 0 bridgehead atoms. The van der Waals surface area contributed by atoms with E-state index in [-0.39, 0.29) is 49.1 Å². The first-order valence-electron chi connectivity index (χ1n) is 10.9. The molecule has 7 nitrogen and oxygen atoms in total. The predicted molar refractivity (Wildman–Crippen MR) is 119 cm³/mol. The van der Waals surface area contributed by atoms with Crippen LogP contribution in [0.1, 0.15) is 22.3 Å². The van der Waals surface area contributed by atoms with Gasteiger partial charge in [-0.05, 0) is 35.9 Å². The molecule has 4 radical (unpaired) electrons. The Kier molecular flexibility index (Phi) is 7.27. The van der Waals surface area contributed by atoms with Gasteiger partial charge in [-0.1, -0.05) is 12.1 Å². The van der Waals surface area contributed by atoms with Gasteiger partial charge >= 0.3 is 6.36 Å². The number of methoxy groups -OCH3 is 1. The molecular formula is C23H21B2F4NO6. The summed E-state index contributed by atoms with van der Waals surface area (Å²) in [6.45, 7) is -0.806. The minimum absolute atomic E-state index is 0.0564. The number of nitrogens with zero attached hydrogens (tertiary/aromatic N) is 1. The number of carbonyl (C=O) groups is 1. The molecule has 2 heterocycles. The number of alkyl halides is 3. The van der Waals surface area contributed by atoms with E-state index in [2.05, 4.69) is 4.74 Å². The van der Waals surface area contributed by atoms with Crippen LogP contribution in [0.4, 0.5) is 17.6 Å². The predicted octanol–water partition coefficient (Wildman–Crippen LogP) is 2.85. The lowest BCUT2D eigenvalue weighted by atomic mass is 9.76. The van der Waals surface area contributed by atoms with Crippen LogP contribution < -0.4 is 9.47 Å². The monoisotopic (exact) mass is 505 g/mol. The van der Waals surface area contributed by atoms with Gasteiger partial charge in [-0.2, -0.15) is 0 Å². The zero-order chi connectivity index (χ0) is 26.1. The van der Waals surface area contributed by atoms with E-state index in [1.54, 1.807) is 6.07 Å². The van der Waals surface area contributed by atoms with E-state index in [0.717, 1.165) is 0 Å². The highest BCUT2D eigenvalue weighted by Crippen LogP contribution is 2.47. The van der Waals surface area contributed by atoms with Crippen molar-refractivity contribution < 1.29 is 46.0 Å². The molecule has 2 fully saturated rings. The molecule has 0 N–H and O–H groups in total. The zero-order valence-corrected chi connectivity index (χ0v) is 19.2. The van der Waals surface area contributed by atoms with Crippen LogP contribution in [-0.4, -0.2) is 78.0 Å². The van der Waals surface area contributed by atoms with Gasteiger partial charge in [0.1, 0.15) is 39.8 Å². The molecule has 2 aromatic rings. The molecule has 2 saturated heterocycles. The number of amides is 1. The summed E-state index contributed by atoms with van der Waals surface area (Å²) in [6, 6.07) is 10.1. The summed E-state index contributed by atoms with van der Waals surface area (Å²) in [4.78, 5) is 14.8. The molecule has 13 heteroatoms. The standard InChI is InChI=1S/C23H21B2F4NO6/c1-32-18-11-14(5-6-17(18)33-9-10-34-23(27,28)29)20(31)30-8-7-21(15-3-2-4-16(26)12-15)19(13-30)35-22(24,25)36-21/h2-6,11-12,19H,7-10,13H2,1H3. The fraction of sp³-hybridized carbons (Fsp3) is 0.435. The van der Waals surface area contributed by atoms with Crippen molar-refractivity contribution in [2.24, 2.45) is 0 Å². The van der Waals surface area contributed by atoms with Gasteiger partial charge in [-0.25, -0.2) is 4.39 Å². The molecular weight excluding hydrogens is 484 g/mol. The van der Waals surface area contributed by atoms with Crippen LogP contribution in [0.3, 0.4) is 0 Å². The molecule has 188 valence electrons. The van der Waals surface area contributed by atoms with Gasteiger partial charge in [-0.15, -0.1) is 13.2 Å².